The topological polar surface area (TPSA) is 20.2 Å². The van der Waals surface area contributed by atoms with Crippen molar-refractivity contribution in [3.8, 4) is 5.75 Å². The van der Waals surface area contributed by atoms with Crippen LogP contribution in [-0.2, 0) is 0 Å². The molecule has 18 heavy (non-hydrogen) atoms. The summed E-state index contributed by atoms with van der Waals surface area (Å²) in [6.45, 7) is 4.32. The fourth-order valence-corrected chi connectivity index (χ4v) is 2.28. The minimum absolute atomic E-state index is 0.367. The molecule has 0 unspecified atom stereocenters. The largest absolute Gasteiger partial charge is 0.507 e. The smallest absolute Gasteiger partial charge is 0.124 e. The number of unbranched alkanes of at least 4 members (excludes halogenated alkanes) is 2. The molecule has 1 N–H and O–H groups in total. The zero-order chi connectivity index (χ0) is 13.0. The highest BCUT2D eigenvalue weighted by atomic mass is 16.3. The highest BCUT2D eigenvalue weighted by Crippen LogP contribution is 2.32. The van der Waals surface area contributed by atoms with Gasteiger partial charge >= 0.3 is 0 Å². The molecule has 0 radical (unpaired) electrons. The number of phenols is 1. The Bertz CT molecular complexity index is 562. The number of hydrogen-bond acceptors (Lipinski definition) is 1. The Morgan fingerprint density at radius 2 is 1.89 bits per heavy atom. The molecule has 0 aliphatic rings. The molecule has 0 bridgehead atoms. The van der Waals surface area contributed by atoms with Crippen LogP contribution >= 0.6 is 0 Å². The summed E-state index contributed by atoms with van der Waals surface area (Å²) < 4.78 is 0. The summed E-state index contributed by atoms with van der Waals surface area (Å²) in [7, 11) is 0. The summed E-state index contributed by atoms with van der Waals surface area (Å²) in [4.78, 5) is 0. The number of fused-ring (bicyclic) bond motifs is 1. The van der Waals surface area contributed by atoms with Crippen LogP contribution in [0.25, 0.3) is 16.3 Å². The van der Waals surface area contributed by atoms with Gasteiger partial charge in [0, 0.05) is 5.39 Å². The molecule has 2 aromatic rings. The third kappa shape index (κ3) is 2.56. The molecule has 2 rings (SSSR count). The second-order valence-corrected chi connectivity index (χ2v) is 4.71. The number of phenolic OH excluding ortho intramolecular Hbond substituents is 1. The lowest BCUT2D eigenvalue weighted by Gasteiger charge is -2.09. The van der Waals surface area contributed by atoms with Crippen LogP contribution in [0.2, 0.25) is 0 Å². The van der Waals surface area contributed by atoms with Crippen molar-refractivity contribution in [1.82, 2.24) is 0 Å². The molecule has 0 saturated carbocycles. The van der Waals surface area contributed by atoms with Gasteiger partial charge < -0.3 is 5.11 Å². The fourth-order valence-electron chi connectivity index (χ4n) is 2.28. The maximum atomic E-state index is 10.0. The maximum absolute atomic E-state index is 10.0. The van der Waals surface area contributed by atoms with E-state index in [9.17, 15) is 5.11 Å². The number of benzene rings is 2. The normalized spacial score (nSPS) is 12.0. The van der Waals surface area contributed by atoms with Crippen LogP contribution in [0.3, 0.4) is 0 Å². The Kier molecular flexibility index (Phi) is 4.03. The Hall–Kier alpha value is -1.76. The van der Waals surface area contributed by atoms with Crippen molar-refractivity contribution >= 4 is 16.3 Å². The maximum Gasteiger partial charge on any atom is 0.124 e. The fraction of sp³-hybridized carbons (Fsp3) is 0.294. The van der Waals surface area contributed by atoms with Gasteiger partial charge in [0.1, 0.15) is 5.75 Å². The van der Waals surface area contributed by atoms with Gasteiger partial charge in [0.2, 0.25) is 0 Å². The molecule has 1 nitrogen and oxygen atoms in total. The molecule has 0 fully saturated rings. The van der Waals surface area contributed by atoms with Gasteiger partial charge in [0.25, 0.3) is 0 Å². The Morgan fingerprint density at radius 1 is 1.17 bits per heavy atom. The second-order valence-electron chi connectivity index (χ2n) is 4.71. The van der Waals surface area contributed by atoms with Gasteiger partial charge in [0.15, 0.2) is 0 Å². The lowest BCUT2D eigenvalue weighted by molar-refractivity contribution is 0.481. The third-order valence-electron chi connectivity index (χ3n) is 3.32. The van der Waals surface area contributed by atoms with Crippen molar-refractivity contribution in [2.24, 2.45) is 0 Å². The highest BCUT2D eigenvalue weighted by Gasteiger charge is 2.06. The lowest BCUT2D eigenvalue weighted by atomic mass is 9.97. The molecule has 0 heterocycles. The first-order chi connectivity index (χ1) is 8.74. The number of hydrogen-bond donors (Lipinski definition) is 1. The van der Waals surface area contributed by atoms with Crippen molar-refractivity contribution in [3.05, 3.63) is 48.0 Å². The average molecular weight is 240 g/mol. The Labute approximate surface area is 109 Å². The zero-order valence-corrected chi connectivity index (χ0v) is 11.1. The molecule has 0 aliphatic heterocycles. The van der Waals surface area contributed by atoms with E-state index in [0.29, 0.717) is 5.75 Å². The third-order valence-corrected chi connectivity index (χ3v) is 3.32. The number of rotatable bonds is 4. The van der Waals surface area contributed by atoms with Crippen molar-refractivity contribution in [3.63, 3.8) is 0 Å². The van der Waals surface area contributed by atoms with Gasteiger partial charge in [-0.25, -0.2) is 0 Å². The van der Waals surface area contributed by atoms with Gasteiger partial charge in [-0.1, -0.05) is 56.2 Å². The molecule has 94 valence electrons. The van der Waals surface area contributed by atoms with Crippen LogP contribution in [0.1, 0.15) is 38.7 Å². The monoisotopic (exact) mass is 240 g/mol. The second kappa shape index (κ2) is 5.72. The highest BCUT2D eigenvalue weighted by molar-refractivity contribution is 5.97. The Morgan fingerprint density at radius 3 is 2.61 bits per heavy atom. The van der Waals surface area contributed by atoms with Crippen LogP contribution in [-0.4, -0.2) is 5.11 Å². The van der Waals surface area contributed by atoms with Crippen LogP contribution in [0.4, 0.5) is 0 Å². The molecule has 0 atom stereocenters. The van der Waals surface area contributed by atoms with Crippen molar-refractivity contribution < 1.29 is 5.11 Å². The molecule has 0 spiro atoms. The van der Waals surface area contributed by atoms with Gasteiger partial charge in [0.05, 0.1) is 0 Å². The van der Waals surface area contributed by atoms with Crippen molar-refractivity contribution in [2.75, 3.05) is 0 Å². The zero-order valence-electron chi connectivity index (χ0n) is 11.1. The number of allylic oxidation sites excluding steroid dienone is 2. The van der Waals surface area contributed by atoms with E-state index in [1.165, 1.54) is 18.4 Å². The molecule has 0 aliphatic carbocycles. The SMILES string of the molecule is CCCC/C=C(\C)c1cccc2cccc(O)c12. The van der Waals surface area contributed by atoms with E-state index >= 15 is 0 Å². The molecule has 0 amide bonds. The lowest BCUT2D eigenvalue weighted by Crippen LogP contribution is -1.84. The first-order valence-electron chi connectivity index (χ1n) is 6.62. The van der Waals surface area contributed by atoms with E-state index in [2.05, 4.69) is 26.0 Å². The first kappa shape index (κ1) is 12.7. The molecule has 0 saturated heterocycles. The standard InChI is InChI=1S/C17H20O/c1-3-4-5-8-13(2)15-11-6-9-14-10-7-12-16(18)17(14)15/h6-12,18H,3-5H2,1-2H3/b13-8+. The predicted octanol–water partition coefficient (Wildman–Crippen LogP) is 5.14. The summed E-state index contributed by atoms with van der Waals surface area (Å²) in [6.07, 6.45) is 5.80. The van der Waals surface area contributed by atoms with Crippen LogP contribution in [0.15, 0.2) is 42.5 Å². The molecular formula is C17H20O. The van der Waals surface area contributed by atoms with Gasteiger partial charge in [-0.05, 0) is 35.9 Å². The quantitative estimate of drug-likeness (QED) is 0.734. The van der Waals surface area contributed by atoms with Gasteiger partial charge in [-0.15, -0.1) is 0 Å². The molecule has 2 aromatic carbocycles. The van der Waals surface area contributed by atoms with Crippen LogP contribution in [0, 0.1) is 0 Å². The summed E-state index contributed by atoms with van der Waals surface area (Å²) >= 11 is 0. The summed E-state index contributed by atoms with van der Waals surface area (Å²) in [5, 5.41) is 12.1. The van der Waals surface area contributed by atoms with Gasteiger partial charge in [-0.2, -0.15) is 0 Å². The van der Waals surface area contributed by atoms with E-state index in [-0.39, 0.29) is 0 Å². The summed E-state index contributed by atoms with van der Waals surface area (Å²) in [5.74, 6) is 0.367. The predicted molar refractivity (Wildman–Crippen MR) is 78.8 cm³/mol. The van der Waals surface area contributed by atoms with Crippen LogP contribution < -0.4 is 0 Å². The first-order valence-corrected chi connectivity index (χ1v) is 6.62. The summed E-state index contributed by atoms with van der Waals surface area (Å²) in [5.41, 5.74) is 2.39. The van der Waals surface area contributed by atoms with E-state index in [1.54, 1.807) is 6.07 Å². The minimum atomic E-state index is 0.367. The van der Waals surface area contributed by atoms with E-state index in [4.69, 9.17) is 0 Å². The van der Waals surface area contributed by atoms with E-state index in [1.807, 2.05) is 24.3 Å². The van der Waals surface area contributed by atoms with E-state index in [0.717, 1.165) is 22.8 Å². The molecule has 0 aromatic heterocycles. The molecule has 1 heteroatoms. The van der Waals surface area contributed by atoms with Crippen molar-refractivity contribution in [2.45, 2.75) is 33.1 Å². The minimum Gasteiger partial charge on any atom is -0.507 e. The molecular weight excluding hydrogens is 220 g/mol. The summed E-state index contributed by atoms with van der Waals surface area (Å²) in [6, 6.07) is 11.9. The Balaban J connectivity index is 2.47. The van der Waals surface area contributed by atoms with Crippen LogP contribution in [0.5, 0.6) is 5.75 Å². The van der Waals surface area contributed by atoms with Gasteiger partial charge in [-0.3, -0.25) is 0 Å². The average Bonchev–Trinajstić information content (AvgIpc) is 2.38. The van der Waals surface area contributed by atoms with Crippen molar-refractivity contribution in [1.29, 1.82) is 0 Å². The van der Waals surface area contributed by atoms with E-state index < -0.39 is 0 Å². The number of aromatic hydroxyl groups is 1.